The number of hydrogen-bond acceptors (Lipinski definition) is 8. The molecular weight excluding hydrogens is 454 g/mol. The third kappa shape index (κ3) is 3.62. The third-order valence-electron chi connectivity index (χ3n) is 5.56. The largest absolute Gasteiger partial charge is 0.292 e. The molecule has 0 spiro atoms. The van der Waals surface area contributed by atoms with Crippen molar-refractivity contribution < 1.29 is 18.0 Å². The lowest BCUT2D eigenvalue weighted by Crippen LogP contribution is -2.74. The summed E-state index contributed by atoms with van der Waals surface area (Å²) in [6, 6.07) is 0. The molecule has 1 unspecified atom stereocenters. The lowest BCUT2D eigenvalue weighted by molar-refractivity contribution is -0.162. The van der Waals surface area contributed by atoms with Crippen LogP contribution in [0.1, 0.15) is 45.5 Å². The Labute approximate surface area is 191 Å². The molecule has 1 aromatic heterocycles. The quantitative estimate of drug-likeness (QED) is 0.430. The first-order valence-corrected chi connectivity index (χ1v) is 13.1. The lowest BCUT2D eigenvalue weighted by Gasteiger charge is -2.58. The molecule has 0 aliphatic carbocycles. The Morgan fingerprint density at radius 1 is 1.23 bits per heavy atom. The number of hydrogen-bond donors (Lipinski definition) is 0. The number of fused-ring (bicyclic) bond motifs is 1. The van der Waals surface area contributed by atoms with Gasteiger partial charge in [0.1, 0.15) is 9.59 Å². The van der Waals surface area contributed by atoms with Crippen LogP contribution in [0.5, 0.6) is 0 Å². The van der Waals surface area contributed by atoms with Gasteiger partial charge in [-0.05, 0) is 32.3 Å². The van der Waals surface area contributed by atoms with E-state index in [4.69, 9.17) is 0 Å². The van der Waals surface area contributed by atoms with Crippen LogP contribution in [0.4, 0.5) is 0 Å². The number of Topliss-reactive ketones (excluding diaryl/α,β-unsaturated/α-hetero) is 1. The Balaban J connectivity index is 2.24. The van der Waals surface area contributed by atoms with E-state index in [9.17, 15) is 18.0 Å². The Hall–Kier alpha value is -1.78. The van der Waals surface area contributed by atoms with Gasteiger partial charge in [-0.2, -0.15) is 0 Å². The fraction of sp³-hybridized carbons (Fsp3) is 0.524. The van der Waals surface area contributed by atoms with Crippen molar-refractivity contribution in [2.75, 3.05) is 0 Å². The summed E-state index contributed by atoms with van der Waals surface area (Å²) in [5.41, 5.74) is -1.46. The highest BCUT2D eigenvalue weighted by Crippen LogP contribution is 2.57. The van der Waals surface area contributed by atoms with Gasteiger partial charge in [-0.25, -0.2) is 8.42 Å². The Morgan fingerprint density at radius 3 is 2.26 bits per heavy atom. The number of amides is 1. The molecule has 2 atom stereocenters. The topological polar surface area (TPSA) is 97.3 Å². The summed E-state index contributed by atoms with van der Waals surface area (Å²) >= 11 is 2.36. The fourth-order valence-corrected chi connectivity index (χ4v) is 9.55. The van der Waals surface area contributed by atoms with Crippen molar-refractivity contribution in [3.8, 4) is 0 Å². The predicted octanol–water partition coefficient (Wildman–Crippen LogP) is 3.89. The van der Waals surface area contributed by atoms with Gasteiger partial charge in [0.25, 0.3) is 0 Å². The van der Waals surface area contributed by atoms with Crippen molar-refractivity contribution in [1.29, 1.82) is 0 Å². The first kappa shape index (κ1) is 23.9. The molecule has 1 aromatic rings. The number of aromatic nitrogens is 2. The molecule has 31 heavy (non-hydrogen) atoms. The number of thioether (sulfide) groups is 1. The van der Waals surface area contributed by atoms with Gasteiger partial charge in [-0.3, -0.25) is 14.5 Å². The predicted molar refractivity (Wildman–Crippen MR) is 123 cm³/mol. The van der Waals surface area contributed by atoms with Crippen LogP contribution >= 0.6 is 23.1 Å². The van der Waals surface area contributed by atoms with Crippen LogP contribution in [-0.4, -0.2) is 45.2 Å². The van der Waals surface area contributed by atoms with E-state index in [0.29, 0.717) is 9.91 Å². The van der Waals surface area contributed by atoms with E-state index in [0.717, 1.165) is 16.8 Å². The normalized spacial score (nSPS) is 24.4. The minimum atomic E-state index is -3.90. The van der Waals surface area contributed by atoms with E-state index >= 15 is 0 Å². The highest BCUT2D eigenvalue weighted by atomic mass is 32.3. The van der Waals surface area contributed by atoms with Crippen molar-refractivity contribution in [2.24, 2.45) is 10.8 Å². The average molecular weight is 482 g/mol. The number of carbonyl (C=O) groups is 2. The zero-order valence-corrected chi connectivity index (χ0v) is 20.8. The van der Waals surface area contributed by atoms with E-state index in [2.05, 4.69) is 23.4 Å². The summed E-state index contributed by atoms with van der Waals surface area (Å²) in [4.78, 5) is 28.0. The van der Waals surface area contributed by atoms with Gasteiger partial charge in [0, 0.05) is 5.41 Å². The van der Waals surface area contributed by atoms with Crippen LogP contribution < -0.4 is 0 Å². The van der Waals surface area contributed by atoms with E-state index in [-0.39, 0.29) is 30.2 Å². The highest BCUT2D eigenvalue weighted by molar-refractivity contribution is 8.14. The SMILES string of the molecule is C=CCC1(CC=C)C(=O)N2C(C(=O)C(C)(C)C)=C(C)C(Sc3nnc(C)s3)S(=O)(=O)[C@@H]21. The number of nitrogens with zero attached hydrogens (tertiary/aromatic N) is 3. The maximum absolute atomic E-state index is 13.9. The third-order valence-corrected chi connectivity index (χ3v) is 10.9. The molecule has 3 rings (SSSR count). The van der Waals surface area contributed by atoms with Crippen LogP contribution in [-0.2, 0) is 19.4 Å². The van der Waals surface area contributed by atoms with Gasteiger partial charge < -0.3 is 0 Å². The summed E-state index contributed by atoms with van der Waals surface area (Å²) in [6.07, 6.45) is 3.48. The zero-order valence-electron chi connectivity index (χ0n) is 18.3. The fourth-order valence-electron chi connectivity index (χ4n) is 4.17. The number of rotatable bonds is 7. The molecule has 3 heterocycles. The molecule has 0 N–H and O–H groups in total. The van der Waals surface area contributed by atoms with E-state index in [1.165, 1.54) is 16.2 Å². The molecule has 1 amide bonds. The molecule has 0 aromatic carbocycles. The molecule has 1 saturated heterocycles. The minimum Gasteiger partial charge on any atom is -0.292 e. The molecule has 10 heteroatoms. The highest BCUT2D eigenvalue weighted by Gasteiger charge is 2.70. The van der Waals surface area contributed by atoms with Gasteiger partial charge in [-0.1, -0.05) is 56.0 Å². The standard InChI is InChI=1S/C21H27N3O4S3/c1-8-10-21(11-9-2)17(26)24-14(15(25)20(5,6)7)12(3)16(31(27,28)18(21)24)30-19-23-22-13(4)29-19/h8-9,16,18H,1-2,10-11H2,3-7H3/t16?,18-/m1/s1. The Kier molecular flexibility index (Phi) is 6.14. The smallest absolute Gasteiger partial charge is 0.238 e. The molecular formula is C21H27N3O4S3. The first-order chi connectivity index (χ1) is 14.3. The summed E-state index contributed by atoms with van der Waals surface area (Å²) in [5.74, 6) is -0.633. The zero-order chi connectivity index (χ0) is 23.4. The van der Waals surface area contributed by atoms with Crippen LogP contribution in [0.3, 0.4) is 0 Å². The van der Waals surface area contributed by atoms with Crippen LogP contribution in [0.15, 0.2) is 40.9 Å². The summed E-state index contributed by atoms with van der Waals surface area (Å²) in [5, 5.41) is 7.60. The van der Waals surface area contributed by atoms with Crippen LogP contribution in [0.2, 0.25) is 0 Å². The van der Waals surface area contributed by atoms with Gasteiger partial charge in [0.05, 0.1) is 11.1 Å². The van der Waals surface area contributed by atoms with Gasteiger partial charge in [0.15, 0.2) is 25.3 Å². The Morgan fingerprint density at radius 2 is 1.81 bits per heavy atom. The number of allylic oxidation sites excluding steroid dienone is 3. The monoisotopic (exact) mass is 481 g/mol. The second kappa shape index (κ2) is 7.97. The second-order valence-corrected chi connectivity index (χ2v) is 13.8. The number of β-lactam (4-membered cyclic amide) rings is 1. The molecule has 0 saturated carbocycles. The number of ketones is 1. The second-order valence-electron chi connectivity index (χ2n) is 8.91. The van der Waals surface area contributed by atoms with E-state index in [1.807, 2.05) is 0 Å². The number of aryl methyl sites for hydroxylation is 1. The summed E-state index contributed by atoms with van der Waals surface area (Å²) in [7, 11) is -3.90. The van der Waals surface area contributed by atoms with Crippen LogP contribution in [0, 0.1) is 17.8 Å². The van der Waals surface area contributed by atoms with Crippen molar-refractivity contribution in [3.05, 3.63) is 41.6 Å². The van der Waals surface area contributed by atoms with Crippen molar-refractivity contribution in [3.63, 3.8) is 0 Å². The Bertz CT molecular complexity index is 1090. The molecule has 1 fully saturated rings. The molecule has 168 valence electrons. The molecule has 7 nitrogen and oxygen atoms in total. The van der Waals surface area contributed by atoms with Gasteiger partial charge >= 0.3 is 0 Å². The number of sulfone groups is 1. The summed E-state index contributed by atoms with van der Waals surface area (Å²) < 4.78 is 27.2. The maximum atomic E-state index is 13.9. The summed E-state index contributed by atoms with van der Waals surface area (Å²) in [6.45, 7) is 16.1. The first-order valence-electron chi connectivity index (χ1n) is 9.83. The molecule has 0 bridgehead atoms. The van der Waals surface area contributed by atoms with Gasteiger partial charge in [-0.15, -0.1) is 23.4 Å². The van der Waals surface area contributed by atoms with Gasteiger partial charge in [0.2, 0.25) is 5.91 Å². The maximum Gasteiger partial charge on any atom is 0.238 e. The minimum absolute atomic E-state index is 0.180. The van der Waals surface area contributed by atoms with E-state index < -0.39 is 30.6 Å². The molecule has 2 aliphatic heterocycles. The lowest BCUT2D eigenvalue weighted by atomic mass is 9.71. The van der Waals surface area contributed by atoms with Crippen molar-refractivity contribution in [1.82, 2.24) is 15.1 Å². The van der Waals surface area contributed by atoms with Crippen LogP contribution in [0.25, 0.3) is 0 Å². The van der Waals surface area contributed by atoms with Crippen molar-refractivity contribution >= 4 is 44.6 Å². The van der Waals surface area contributed by atoms with Crippen molar-refractivity contribution in [2.45, 2.75) is 61.8 Å². The molecule has 2 aliphatic rings. The average Bonchev–Trinajstić information content (AvgIpc) is 3.08. The van der Waals surface area contributed by atoms with E-state index in [1.54, 1.807) is 46.8 Å². The number of carbonyl (C=O) groups excluding carboxylic acids is 2. The molecule has 0 radical (unpaired) electrons.